The molecule has 1 nitrogen and oxygen atoms in total. The Morgan fingerprint density at radius 1 is 1.29 bits per heavy atom. The van der Waals surface area contributed by atoms with Crippen LogP contribution in [-0.4, -0.2) is 3.97 Å². The van der Waals surface area contributed by atoms with Crippen LogP contribution in [0.25, 0.3) is 10.9 Å². The maximum absolute atomic E-state index is 2.34. The second kappa shape index (κ2) is 3.45. The molecule has 72 valence electrons. The monoisotopic (exact) mass is 315 g/mol. The van der Waals surface area contributed by atoms with Gasteiger partial charge in [-0.3, -0.25) is 3.97 Å². The second-order valence-electron chi connectivity index (χ2n) is 3.80. The fraction of sp³-hybridized carbons (Fsp3) is 0.273. The van der Waals surface area contributed by atoms with Gasteiger partial charge in [0.25, 0.3) is 0 Å². The molecule has 0 bridgehead atoms. The summed E-state index contributed by atoms with van der Waals surface area (Å²) in [5.74, 6) is 0.856. The number of hydrogen-bond acceptors (Lipinski definition) is 1. The van der Waals surface area contributed by atoms with Crippen LogP contribution in [0.15, 0.2) is 30.5 Å². The summed E-state index contributed by atoms with van der Waals surface area (Å²) in [4.78, 5) is 0. The van der Waals surface area contributed by atoms with Crippen LogP contribution in [0.5, 0.6) is 0 Å². The Morgan fingerprint density at radius 3 is 2.86 bits per heavy atom. The molecule has 1 fully saturated rings. The Bertz CT molecular complexity index is 473. The molecule has 0 N–H and O–H groups in total. The summed E-state index contributed by atoms with van der Waals surface area (Å²) in [6.07, 6.45) is 4.90. The summed E-state index contributed by atoms with van der Waals surface area (Å²) in [6.45, 7) is 0. The Hall–Kier alpha value is -0.160. The zero-order valence-corrected chi connectivity index (χ0v) is 10.6. The summed E-state index contributed by atoms with van der Waals surface area (Å²) in [5, 5.41) is 1.37. The highest BCUT2D eigenvalue weighted by Gasteiger charge is 2.23. The highest BCUT2D eigenvalue weighted by atomic mass is 127. The first kappa shape index (κ1) is 9.09. The van der Waals surface area contributed by atoms with E-state index in [2.05, 4.69) is 55.6 Å². The highest BCUT2D eigenvalue weighted by molar-refractivity contribution is 14.2. The lowest BCUT2D eigenvalue weighted by atomic mass is 10.1. The number of rotatable bonds is 2. The standard InChI is InChI=1S/C11H10INS/c12-14-13-6-5-10-7-9(8-1-2-8)3-4-11(10)13/h3-8H,1-2H2. The van der Waals surface area contributed by atoms with Crippen molar-refractivity contribution in [2.45, 2.75) is 18.8 Å². The Kier molecular flexibility index (Phi) is 2.24. The number of aromatic nitrogens is 1. The number of benzene rings is 1. The first-order valence-electron chi connectivity index (χ1n) is 4.78. The van der Waals surface area contributed by atoms with E-state index in [1.807, 2.05) is 0 Å². The van der Waals surface area contributed by atoms with Gasteiger partial charge in [0.2, 0.25) is 0 Å². The Labute approximate surface area is 99.6 Å². The van der Waals surface area contributed by atoms with Gasteiger partial charge in [0.15, 0.2) is 0 Å². The van der Waals surface area contributed by atoms with Gasteiger partial charge in [-0.1, -0.05) is 6.07 Å². The summed E-state index contributed by atoms with van der Waals surface area (Å²) in [5.41, 5.74) is 2.85. The first-order valence-corrected chi connectivity index (χ1v) is 8.10. The molecule has 0 saturated heterocycles. The normalized spacial score (nSPS) is 16.4. The SMILES string of the molecule is ISn1ccc2cc(C3CC3)ccc21. The van der Waals surface area contributed by atoms with E-state index >= 15 is 0 Å². The quantitative estimate of drug-likeness (QED) is 0.745. The number of halogens is 1. The summed E-state index contributed by atoms with van der Waals surface area (Å²) in [7, 11) is 1.72. The van der Waals surface area contributed by atoms with Crippen molar-refractivity contribution in [2.75, 3.05) is 0 Å². The fourth-order valence-electron chi connectivity index (χ4n) is 1.87. The van der Waals surface area contributed by atoms with Crippen molar-refractivity contribution in [3.63, 3.8) is 0 Å². The van der Waals surface area contributed by atoms with Crippen LogP contribution in [0, 0.1) is 0 Å². The van der Waals surface area contributed by atoms with Crippen molar-refractivity contribution in [1.29, 1.82) is 0 Å². The lowest BCUT2D eigenvalue weighted by Crippen LogP contribution is -1.81. The molecule has 0 amide bonds. The lowest BCUT2D eigenvalue weighted by Gasteiger charge is -2.00. The lowest BCUT2D eigenvalue weighted by molar-refractivity contribution is 1.14. The number of fused-ring (bicyclic) bond motifs is 1. The summed E-state index contributed by atoms with van der Waals surface area (Å²) < 4.78 is 2.20. The third-order valence-corrected chi connectivity index (χ3v) is 4.54. The van der Waals surface area contributed by atoms with E-state index in [1.165, 1.54) is 29.3 Å². The fourth-order valence-corrected chi connectivity index (χ4v) is 3.24. The van der Waals surface area contributed by atoms with Crippen LogP contribution in [-0.2, 0) is 0 Å². The largest absolute Gasteiger partial charge is 0.283 e. The molecule has 3 heteroatoms. The maximum atomic E-state index is 2.34. The van der Waals surface area contributed by atoms with Crippen molar-refractivity contribution in [3.8, 4) is 0 Å². The van der Waals surface area contributed by atoms with Crippen molar-refractivity contribution in [1.82, 2.24) is 3.97 Å². The third-order valence-electron chi connectivity index (χ3n) is 2.80. The number of hydrogen-bond donors (Lipinski definition) is 0. The van der Waals surface area contributed by atoms with Crippen LogP contribution < -0.4 is 0 Å². The molecule has 0 radical (unpaired) electrons. The smallest absolute Gasteiger partial charge is 0.0598 e. The highest BCUT2D eigenvalue weighted by Crippen LogP contribution is 2.41. The van der Waals surface area contributed by atoms with E-state index in [9.17, 15) is 0 Å². The van der Waals surface area contributed by atoms with Crippen LogP contribution in [0.2, 0.25) is 0 Å². The summed E-state index contributed by atoms with van der Waals surface area (Å²) in [6, 6.07) is 9.07. The molecule has 0 atom stereocenters. The van der Waals surface area contributed by atoms with Gasteiger partial charge in [-0.25, -0.2) is 0 Å². The van der Waals surface area contributed by atoms with E-state index in [-0.39, 0.29) is 0 Å². The minimum absolute atomic E-state index is 0.856. The van der Waals surface area contributed by atoms with Gasteiger partial charge >= 0.3 is 0 Å². The van der Waals surface area contributed by atoms with E-state index in [0.29, 0.717) is 0 Å². The molecule has 1 heterocycles. The van der Waals surface area contributed by atoms with E-state index < -0.39 is 0 Å². The molecule has 2 aromatic rings. The van der Waals surface area contributed by atoms with E-state index in [4.69, 9.17) is 0 Å². The van der Waals surface area contributed by atoms with Crippen molar-refractivity contribution >= 4 is 41.2 Å². The van der Waals surface area contributed by atoms with Crippen LogP contribution in [0.4, 0.5) is 0 Å². The van der Waals surface area contributed by atoms with Gasteiger partial charge in [0.05, 0.1) is 5.52 Å². The van der Waals surface area contributed by atoms with E-state index in [1.54, 1.807) is 9.12 Å². The van der Waals surface area contributed by atoms with Gasteiger partial charge in [-0.2, -0.15) is 0 Å². The average molecular weight is 315 g/mol. The zero-order valence-electron chi connectivity index (χ0n) is 7.61. The molecule has 1 aliphatic rings. The van der Waals surface area contributed by atoms with Gasteiger partial charge in [0, 0.05) is 41.9 Å². The van der Waals surface area contributed by atoms with Crippen molar-refractivity contribution in [2.24, 2.45) is 0 Å². The predicted molar refractivity (Wildman–Crippen MR) is 70.9 cm³/mol. The Morgan fingerprint density at radius 2 is 2.14 bits per heavy atom. The molecule has 3 rings (SSSR count). The molecule has 0 spiro atoms. The van der Waals surface area contributed by atoms with Crippen LogP contribution >= 0.6 is 30.3 Å². The molecule has 1 aromatic carbocycles. The second-order valence-corrected chi connectivity index (χ2v) is 5.52. The summed E-state index contributed by atoms with van der Waals surface area (Å²) >= 11 is 2.31. The first-order chi connectivity index (χ1) is 6.88. The average Bonchev–Trinajstić information content (AvgIpc) is 2.98. The Balaban J connectivity index is 2.15. The molecular weight excluding hydrogens is 305 g/mol. The van der Waals surface area contributed by atoms with Crippen LogP contribution in [0.3, 0.4) is 0 Å². The van der Waals surface area contributed by atoms with Gasteiger partial charge < -0.3 is 0 Å². The predicted octanol–water partition coefficient (Wildman–Crippen LogP) is 4.37. The molecule has 0 unspecified atom stereocenters. The van der Waals surface area contributed by atoms with Gasteiger partial charge in [-0.05, 0) is 42.5 Å². The number of nitrogens with zero attached hydrogens (tertiary/aromatic N) is 1. The van der Waals surface area contributed by atoms with E-state index in [0.717, 1.165) is 5.92 Å². The molecule has 1 saturated carbocycles. The van der Waals surface area contributed by atoms with Gasteiger partial charge in [0.1, 0.15) is 0 Å². The molecular formula is C11H10INS. The maximum Gasteiger partial charge on any atom is 0.0598 e. The molecule has 1 aromatic heterocycles. The third kappa shape index (κ3) is 1.46. The molecule has 14 heavy (non-hydrogen) atoms. The minimum Gasteiger partial charge on any atom is -0.283 e. The van der Waals surface area contributed by atoms with Crippen LogP contribution in [0.1, 0.15) is 24.3 Å². The molecule has 1 aliphatic carbocycles. The topological polar surface area (TPSA) is 4.93 Å². The molecule has 0 aliphatic heterocycles. The van der Waals surface area contributed by atoms with Gasteiger partial charge in [-0.15, -0.1) is 0 Å². The van der Waals surface area contributed by atoms with Crippen molar-refractivity contribution < 1.29 is 0 Å². The minimum atomic E-state index is 0.856. The zero-order chi connectivity index (χ0) is 9.54. The van der Waals surface area contributed by atoms with Crippen molar-refractivity contribution in [3.05, 3.63) is 36.0 Å².